The van der Waals surface area contributed by atoms with Crippen LogP contribution in [0.1, 0.15) is 45.2 Å². The lowest BCUT2D eigenvalue weighted by Gasteiger charge is -2.25. The fraction of sp³-hybridized carbons (Fsp3) is 0.600. The molecule has 1 aromatic rings. The van der Waals surface area contributed by atoms with Crippen LogP contribution in [0.25, 0.3) is 0 Å². The average Bonchev–Trinajstić information content (AvgIpc) is 2.17. The molecule has 0 heterocycles. The van der Waals surface area contributed by atoms with Crippen LogP contribution >= 0.6 is 0 Å². The third kappa shape index (κ3) is 3.64. The van der Waals surface area contributed by atoms with Crippen molar-refractivity contribution in [2.75, 3.05) is 6.54 Å². The Labute approximate surface area is 100 Å². The van der Waals surface area contributed by atoms with E-state index in [9.17, 15) is 0 Å². The molecule has 1 aromatic carbocycles. The Hall–Kier alpha value is -0.820. The van der Waals surface area contributed by atoms with Gasteiger partial charge in [-0.2, -0.15) is 0 Å². The molecule has 90 valence electrons. The van der Waals surface area contributed by atoms with Crippen molar-refractivity contribution in [1.29, 1.82) is 0 Å². The predicted octanol–water partition coefficient (Wildman–Crippen LogP) is 3.51. The van der Waals surface area contributed by atoms with E-state index in [1.807, 2.05) is 0 Å². The van der Waals surface area contributed by atoms with Crippen molar-refractivity contribution >= 4 is 0 Å². The van der Waals surface area contributed by atoms with Gasteiger partial charge in [0.25, 0.3) is 0 Å². The van der Waals surface area contributed by atoms with Crippen LogP contribution in [0, 0.1) is 5.92 Å². The molecule has 0 aliphatic carbocycles. The highest BCUT2D eigenvalue weighted by molar-refractivity contribution is 5.29. The summed E-state index contributed by atoms with van der Waals surface area (Å²) in [6.45, 7) is 9.82. The molecular weight excluding hydrogens is 194 g/mol. The third-order valence-electron chi connectivity index (χ3n) is 3.12. The maximum Gasteiger partial charge on any atom is -0.00690 e. The van der Waals surface area contributed by atoms with E-state index in [0.29, 0.717) is 5.92 Å². The van der Waals surface area contributed by atoms with Crippen LogP contribution < -0.4 is 5.73 Å². The number of hydrogen-bond acceptors (Lipinski definition) is 1. The van der Waals surface area contributed by atoms with Crippen LogP contribution in [0.15, 0.2) is 24.3 Å². The summed E-state index contributed by atoms with van der Waals surface area (Å²) in [4.78, 5) is 0. The largest absolute Gasteiger partial charge is 0.330 e. The Kier molecular flexibility index (Phi) is 4.55. The van der Waals surface area contributed by atoms with Crippen molar-refractivity contribution in [3.63, 3.8) is 0 Å². The lowest BCUT2D eigenvalue weighted by atomic mass is 9.80. The zero-order chi connectivity index (χ0) is 12.2. The molecular formula is C15H25N. The van der Waals surface area contributed by atoms with Gasteiger partial charge in [-0.25, -0.2) is 0 Å². The molecule has 0 aromatic heterocycles. The Morgan fingerprint density at radius 2 is 1.94 bits per heavy atom. The van der Waals surface area contributed by atoms with Gasteiger partial charge in [-0.1, -0.05) is 52.0 Å². The van der Waals surface area contributed by atoms with Crippen molar-refractivity contribution in [3.05, 3.63) is 35.4 Å². The first kappa shape index (κ1) is 13.2. The summed E-state index contributed by atoms with van der Waals surface area (Å²) >= 11 is 0. The van der Waals surface area contributed by atoms with Gasteiger partial charge in [0.2, 0.25) is 0 Å². The van der Waals surface area contributed by atoms with Crippen LogP contribution in [0.3, 0.4) is 0 Å². The molecule has 2 N–H and O–H groups in total. The molecule has 0 atom stereocenters. The lowest BCUT2D eigenvalue weighted by Crippen LogP contribution is -2.21. The molecule has 1 rings (SSSR count). The maximum atomic E-state index is 5.67. The first-order valence-electron chi connectivity index (χ1n) is 6.25. The van der Waals surface area contributed by atoms with Crippen molar-refractivity contribution in [3.8, 4) is 0 Å². The van der Waals surface area contributed by atoms with Gasteiger partial charge in [0.05, 0.1) is 0 Å². The van der Waals surface area contributed by atoms with E-state index in [4.69, 9.17) is 5.73 Å². The van der Waals surface area contributed by atoms with Crippen LogP contribution in [0.4, 0.5) is 0 Å². The fourth-order valence-corrected chi connectivity index (χ4v) is 2.10. The summed E-state index contributed by atoms with van der Waals surface area (Å²) in [6, 6.07) is 8.96. The van der Waals surface area contributed by atoms with E-state index in [-0.39, 0.29) is 5.41 Å². The summed E-state index contributed by atoms with van der Waals surface area (Å²) in [5.74, 6) is 0.716. The van der Waals surface area contributed by atoms with E-state index in [1.54, 1.807) is 0 Å². The van der Waals surface area contributed by atoms with E-state index in [0.717, 1.165) is 19.4 Å². The minimum atomic E-state index is 0.196. The van der Waals surface area contributed by atoms with Gasteiger partial charge in [-0.3, -0.25) is 0 Å². The van der Waals surface area contributed by atoms with Crippen molar-refractivity contribution < 1.29 is 0 Å². The van der Waals surface area contributed by atoms with E-state index >= 15 is 0 Å². The zero-order valence-electron chi connectivity index (χ0n) is 11.1. The quantitative estimate of drug-likeness (QED) is 0.805. The normalized spacial score (nSPS) is 12.1. The number of benzene rings is 1. The maximum absolute atomic E-state index is 5.67. The lowest BCUT2D eigenvalue weighted by molar-refractivity contribution is 0.486. The minimum Gasteiger partial charge on any atom is -0.330 e. The molecule has 0 fully saturated rings. The van der Waals surface area contributed by atoms with Crippen LogP contribution in [0.5, 0.6) is 0 Å². The van der Waals surface area contributed by atoms with E-state index in [2.05, 4.69) is 52.0 Å². The summed E-state index contributed by atoms with van der Waals surface area (Å²) in [7, 11) is 0. The summed E-state index contributed by atoms with van der Waals surface area (Å²) in [5.41, 5.74) is 8.72. The molecule has 0 aliphatic heterocycles. The monoisotopic (exact) mass is 219 g/mol. The van der Waals surface area contributed by atoms with Gasteiger partial charge >= 0.3 is 0 Å². The molecule has 0 aliphatic rings. The second-order valence-corrected chi connectivity index (χ2v) is 5.72. The van der Waals surface area contributed by atoms with Gasteiger partial charge in [-0.05, 0) is 41.8 Å². The molecule has 0 bridgehead atoms. The Balaban J connectivity index is 2.89. The summed E-state index contributed by atoms with van der Waals surface area (Å²) < 4.78 is 0. The average molecular weight is 219 g/mol. The third-order valence-corrected chi connectivity index (χ3v) is 3.12. The van der Waals surface area contributed by atoms with Gasteiger partial charge in [-0.15, -0.1) is 0 Å². The molecule has 1 heteroatoms. The van der Waals surface area contributed by atoms with Gasteiger partial charge in [0.15, 0.2) is 0 Å². The Bertz CT molecular complexity index is 326. The molecule has 0 radical (unpaired) electrons. The molecule has 0 unspecified atom stereocenters. The van der Waals surface area contributed by atoms with Crippen LogP contribution in [-0.4, -0.2) is 6.54 Å². The molecule has 0 saturated heterocycles. The number of nitrogens with two attached hydrogens (primary N) is 1. The molecule has 0 saturated carbocycles. The van der Waals surface area contributed by atoms with Gasteiger partial charge < -0.3 is 5.73 Å². The van der Waals surface area contributed by atoms with Gasteiger partial charge in [0.1, 0.15) is 0 Å². The molecule has 0 amide bonds. The van der Waals surface area contributed by atoms with Crippen molar-refractivity contribution in [2.45, 2.75) is 46.0 Å². The predicted molar refractivity (Wildman–Crippen MR) is 71.7 cm³/mol. The van der Waals surface area contributed by atoms with Crippen LogP contribution in [-0.2, 0) is 11.8 Å². The smallest absolute Gasteiger partial charge is 0.00690 e. The Morgan fingerprint density at radius 3 is 2.50 bits per heavy atom. The second-order valence-electron chi connectivity index (χ2n) is 5.72. The van der Waals surface area contributed by atoms with E-state index < -0.39 is 0 Å². The van der Waals surface area contributed by atoms with Crippen molar-refractivity contribution in [2.24, 2.45) is 11.7 Å². The first-order chi connectivity index (χ1) is 7.45. The highest BCUT2D eigenvalue weighted by Crippen LogP contribution is 2.27. The fourth-order valence-electron chi connectivity index (χ4n) is 2.10. The highest BCUT2D eigenvalue weighted by atomic mass is 14.5. The highest BCUT2D eigenvalue weighted by Gasteiger charge is 2.19. The molecule has 0 spiro atoms. The summed E-state index contributed by atoms with van der Waals surface area (Å²) in [5, 5.41) is 0. The second kappa shape index (κ2) is 5.49. The SMILES string of the molecule is CC(C)Cc1cccc(C(C)(C)CCN)c1. The van der Waals surface area contributed by atoms with Crippen LogP contribution in [0.2, 0.25) is 0 Å². The number of rotatable bonds is 5. The topological polar surface area (TPSA) is 26.0 Å². The molecule has 16 heavy (non-hydrogen) atoms. The first-order valence-corrected chi connectivity index (χ1v) is 6.25. The number of hydrogen-bond donors (Lipinski definition) is 1. The summed E-state index contributed by atoms with van der Waals surface area (Å²) in [6.07, 6.45) is 2.20. The minimum absolute atomic E-state index is 0.196. The zero-order valence-corrected chi connectivity index (χ0v) is 11.1. The standard InChI is InChI=1S/C15H25N/c1-12(2)10-13-6-5-7-14(11-13)15(3,4)8-9-16/h5-7,11-12H,8-10,16H2,1-4H3. The Morgan fingerprint density at radius 1 is 1.25 bits per heavy atom. The van der Waals surface area contributed by atoms with Gasteiger partial charge in [0, 0.05) is 0 Å². The molecule has 1 nitrogen and oxygen atoms in total. The van der Waals surface area contributed by atoms with Crippen molar-refractivity contribution in [1.82, 2.24) is 0 Å². The van der Waals surface area contributed by atoms with E-state index in [1.165, 1.54) is 11.1 Å².